The SMILES string of the molecule is OB(O)C(F)(F)C(F)(F)C(F)(F)C(F)(F)F. The summed E-state index contributed by atoms with van der Waals surface area (Å²) in [5.74, 6) is -20.5. The summed E-state index contributed by atoms with van der Waals surface area (Å²) in [5, 5.41) is 15.3. The van der Waals surface area contributed by atoms with Gasteiger partial charge in [0.1, 0.15) is 0 Å². The molecule has 0 saturated heterocycles. The van der Waals surface area contributed by atoms with Crippen LogP contribution in [0.1, 0.15) is 0 Å². The summed E-state index contributed by atoms with van der Waals surface area (Å²) in [6.45, 7) is 0. The smallest absolute Gasteiger partial charge is 0.423 e. The van der Waals surface area contributed by atoms with Gasteiger partial charge < -0.3 is 10.0 Å². The first-order chi connectivity index (χ1) is 6.69. The van der Waals surface area contributed by atoms with Gasteiger partial charge in [0.15, 0.2) is 0 Å². The molecule has 0 aliphatic rings. The third-order valence-electron chi connectivity index (χ3n) is 1.49. The molecule has 0 radical (unpaired) electrons. The molecule has 2 N–H and O–H groups in total. The molecule has 0 aromatic rings. The van der Waals surface area contributed by atoms with Crippen molar-refractivity contribution in [3.8, 4) is 0 Å². The van der Waals surface area contributed by atoms with E-state index in [1.807, 2.05) is 0 Å². The van der Waals surface area contributed by atoms with Crippen LogP contribution in [0, 0.1) is 0 Å². The van der Waals surface area contributed by atoms with Gasteiger partial charge in [0.2, 0.25) is 0 Å². The first-order valence-electron chi connectivity index (χ1n) is 3.26. The van der Waals surface area contributed by atoms with Gasteiger partial charge >= 0.3 is 31.0 Å². The quantitative estimate of drug-likeness (QED) is 0.598. The molecule has 0 aromatic carbocycles. The lowest BCUT2D eigenvalue weighted by Crippen LogP contribution is -2.65. The minimum Gasteiger partial charge on any atom is -0.423 e. The Hall–Kier alpha value is -0.645. The number of alkyl halides is 9. The van der Waals surface area contributed by atoms with Gasteiger partial charge in [-0.05, 0) is 0 Å². The maximum Gasteiger partial charge on any atom is 0.536 e. The van der Waals surface area contributed by atoms with Gasteiger partial charge in [0, 0.05) is 0 Å². The van der Waals surface area contributed by atoms with Gasteiger partial charge in [-0.2, -0.15) is 30.7 Å². The molecular formula is C4H2BF9O2. The molecule has 0 atom stereocenters. The molecule has 0 rings (SSSR count). The summed E-state index contributed by atoms with van der Waals surface area (Å²) in [6.07, 6.45) is -6.96. The zero-order chi connectivity index (χ0) is 13.6. The topological polar surface area (TPSA) is 40.5 Å². The Balaban J connectivity index is 5.53. The second kappa shape index (κ2) is 3.69. The number of rotatable bonds is 3. The molecule has 0 bridgehead atoms. The lowest BCUT2D eigenvalue weighted by Gasteiger charge is -2.33. The van der Waals surface area contributed by atoms with Gasteiger partial charge in [0.25, 0.3) is 0 Å². The Bertz CT molecular complexity index is 259. The van der Waals surface area contributed by atoms with Crippen LogP contribution in [0.2, 0.25) is 0 Å². The Morgan fingerprint density at radius 2 is 0.938 bits per heavy atom. The molecule has 0 saturated carbocycles. The highest BCUT2D eigenvalue weighted by Crippen LogP contribution is 2.53. The van der Waals surface area contributed by atoms with Crippen molar-refractivity contribution >= 4 is 7.12 Å². The molecule has 96 valence electrons. The van der Waals surface area contributed by atoms with Crippen LogP contribution in [-0.4, -0.2) is 41.0 Å². The minimum absolute atomic E-state index is 4.37. The predicted octanol–water partition coefficient (Wildman–Crippen LogP) is 1.47. The normalized spacial score (nSPS) is 15.2. The van der Waals surface area contributed by atoms with Crippen molar-refractivity contribution in [2.24, 2.45) is 0 Å². The van der Waals surface area contributed by atoms with E-state index in [1.54, 1.807) is 0 Å². The Labute approximate surface area is 81.8 Å². The maximum absolute atomic E-state index is 12.2. The fourth-order valence-corrected chi connectivity index (χ4v) is 0.549. The molecule has 0 heterocycles. The zero-order valence-electron chi connectivity index (χ0n) is 6.87. The van der Waals surface area contributed by atoms with Crippen molar-refractivity contribution in [1.29, 1.82) is 0 Å². The van der Waals surface area contributed by atoms with Gasteiger partial charge in [-0.3, -0.25) is 0 Å². The predicted molar refractivity (Wildman–Crippen MR) is 31.1 cm³/mol. The van der Waals surface area contributed by atoms with E-state index in [0.717, 1.165) is 0 Å². The van der Waals surface area contributed by atoms with E-state index in [4.69, 9.17) is 10.0 Å². The molecule has 16 heavy (non-hydrogen) atoms. The van der Waals surface area contributed by atoms with Crippen molar-refractivity contribution in [2.45, 2.75) is 23.8 Å². The van der Waals surface area contributed by atoms with E-state index in [2.05, 4.69) is 0 Å². The summed E-state index contributed by atoms with van der Waals surface area (Å²) < 4.78 is 107. The summed E-state index contributed by atoms with van der Waals surface area (Å²) in [5.41, 5.74) is 0. The third kappa shape index (κ3) is 1.95. The monoisotopic (exact) mass is 264 g/mol. The minimum atomic E-state index is -7.10. The van der Waals surface area contributed by atoms with E-state index >= 15 is 0 Å². The fraction of sp³-hybridized carbons (Fsp3) is 1.00. The lowest BCUT2D eigenvalue weighted by atomic mass is 9.74. The molecule has 0 aliphatic carbocycles. The summed E-state index contributed by atoms with van der Waals surface area (Å²) in [7, 11) is -4.37. The Morgan fingerprint density at radius 3 is 1.12 bits per heavy atom. The molecular weight excluding hydrogens is 262 g/mol. The van der Waals surface area contributed by atoms with Crippen LogP contribution in [0.25, 0.3) is 0 Å². The summed E-state index contributed by atoms with van der Waals surface area (Å²) >= 11 is 0. The van der Waals surface area contributed by atoms with E-state index in [0.29, 0.717) is 0 Å². The highest BCUT2D eigenvalue weighted by Gasteiger charge is 2.84. The average molecular weight is 264 g/mol. The Morgan fingerprint density at radius 1 is 0.625 bits per heavy atom. The molecule has 2 nitrogen and oxygen atoms in total. The highest BCUT2D eigenvalue weighted by molar-refractivity contribution is 6.44. The number of hydrogen-bond donors (Lipinski definition) is 2. The lowest BCUT2D eigenvalue weighted by molar-refractivity contribution is -0.385. The van der Waals surface area contributed by atoms with Crippen LogP contribution in [0.4, 0.5) is 39.5 Å². The van der Waals surface area contributed by atoms with Crippen molar-refractivity contribution in [3.63, 3.8) is 0 Å². The first kappa shape index (κ1) is 15.4. The zero-order valence-corrected chi connectivity index (χ0v) is 6.87. The van der Waals surface area contributed by atoms with Crippen LogP contribution in [-0.2, 0) is 0 Å². The fourth-order valence-electron chi connectivity index (χ4n) is 0.549. The number of halogens is 9. The Kier molecular flexibility index (Phi) is 3.54. The molecule has 0 aromatic heterocycles. The highest BCUT2D eigenvalue weighted by atomic mass is 19.4. The van der Waals surface area contributed by atoms with Gasteiger partial charge in [-0.15, -0.1) is 0 Å². The van der Waals surface area contributed by atoms with Crippen LogP contribution >= 0.6 is 0 Å². The molecule has 12 heteroatoms. The second-order valence-corrected chi connectivity index (χ2v) is 2.64. The molecule has 0 unspecified atom stereocenters. The van der Waals surface area contributed by atoms with Crippen molar-refractivity contribution in [1.82, 2.24) is 0 Å². The van der Waals surface area contributed by atoms with E-state index in [9.17, 15) is 39.5 Å². The van der Waals surface area contributed by atoms with Crippen molar-refractivity contribution in [3.05, 3.63) is 0 Å². The molecule has 0 aliphatic heterocycles. The standard InChI is InChI=1S/C4H2BF9O2/c6-1(7,3(10,11)5(15)16)2(8,9)4(12,13)14/h15-16H. The van der Waals surface area contributed by atoms with Gasteiger partial charge in [-0.25, -0.2) is 8.78 Å². The average Bonchev–Trinajstić information content (AvgIpc) is 2.00. The molecule has 0 amide bonds. The molecule has 0 spiro atoms. The van der Waals surface area contributed by atoms with Crippen molar-refractivity contribution in [2.75, 3.05) is 0 Å². The van der Waals surface area contributed by atoms with Crippen LogP contribution in [0.15, 0.2) is 0 Å². The largest absolute Gasteiger partial charge is 0.536 e. The van der Waals surface area contributed by atoms with Crippen LogP contribution in [0.3, 0.4) is 0 Å². The van der Waals surface area contributed by atoms with Crippen LogP contribution in [0.5, 0.6) is 0 Å². The summed E-state index contributed by atoms with van der Waals surface area (Å²) in [6, 6.07) is 0. The summed E-state index contributed by atoms with van der Waals surface area (Å²) in [4.78, 5) is 0. The van der Waals surface area contributed by atoms with E-state index in [1.165, 1.54) is 0 Å². The second-order valence-electron chi connectivity index (χ2n) is 2.64. The van der Waals surface area contributed by atoms with Gasteiger partial charge in [-0.1, -0.05) is 0 Å². The van der Waals surface area contributed by atoms with Crippen LogP contribution < -0.4 is 0 Å². The van der Waals surface area contributed by atoms with Gasteiger partial charge in [0.05, 0.1) is 0 Å². The van der Waals surface area contributed by atoms with E-state index in [-0.39, 0.29) is 0 Å². The number of hydrogen-bond acceptors (Lipinski definition) is 2. The van der Waals surface area contributed by atoms with E-state index < -0.39 is 31.0 Å². The van der Waals surface area contributed by atoms with Crippen molar-refractivity contribution < 1.29 is 49.6 Å². The third-order valence-corrected chi connectivity index (χ3v) is 1.49. The first-order valence-corrected chi connectivity index (χ1v) is 3.26. The maximum atomic E-state index is 12.2. The molecule has 0 fully saturated rings.